The molecule has 1 saturated carbocycles. The lowest BCUT2D eigenvalue weighted by Crippen LogP contribution is -2.48. The molecule has 0 spiro atoms. The number of aromatic hydroxyl groups is 3. The van der Waals surface area contributed by atoms with E-state index in [0.717, 1.165) is 42.5 Å². The van der Waals surface area contributed by atoms with Crippen molar-refractivity contribution in [1.82, 2.24) is 10.3 Å². The van der Waals surface area contributed by atoms with Crippen molar-refractivity contribution in [2.24, 2.45) is 28.9 Å². The summed E-state index contributed by atoms with van der Waals surface area (Å²) in [4.78, 5) is 18.1. The molecule has 3 aromatic rings. The van der Waals surface area contributed by atoms with Crippen LogP contribution in [0.1, 0.15) is 62.8 Å². The van der Waals surface area contributed by atoms with Gasteiger partial charge in [-0.2, -0.15) is 0 Å². The topological polar surface area (TPSA) is 170 Å². The Bertz CT molecular complexity index is 1650. The van der Waals surface area contributed by atoms with E-state index in [9.17, 15) is 25.2 Å². The molecule has 1 aliphatic heterocycles. The molecule has 4 unspecified atom stereocenters. The minimum absolute atomic E-state index is 0.0390. The fourth-order valence-corrected chi connectivity index (χ4v) is 7.78. The summed E-state index contributed by atoms with van der Waals surface area (Å²) in [5.74, 6) is -0.0654. The standard InChI is InChI=1S/C39H51N3O7/c1-24(2)23-49-35-20-26(18-33(46)38(35)47)10-13-32(45)37(31(44)12-9-25-8-11-30(43)34(19-25)48-3)39(28-14-17-42-36(40)22-28)15-4-6-27(39)21-29-7-5-16-41-29/h5,7-8,11,14,16,18-20,22,24,27,31,37,41-44,46-47H,4,6,9-10,12-13,15,17,21,23,40H2,1-3H3. The molecule has 2 aliphatic rings. The van der Waals surface area contributed by atoms with Crippen molar-refractivity contribution in [2.45, 2.75) is 71.3 Å². The molecule has 1 aromatic heterocycles. The first-order valence-electron chi connectivity index (χ1n) is 17.3. The predicted molar refractivity (Wildman–Crippen MR) is 189 cm³/mol. The zero-order valence-electron chi connectivity index (χ0n) is 28.7. The van der Waals surface area contributed by atoms with Crippen molar-refractivity contribution < 1.29 is 34.7 Å². The lowest BCUT2D eigenvalue weighted by atomic mass is 9.58. The highest BCUT2D eigenvalue weighted by molar-refractivity contribution is 5.83. The Hall–Kier alpha value is -4.57. The van der Waals surface area contributed by atoms with E-state index >= 15 is 0 Å². The van der Waals surface area contributed by atoms with Crippen LogP contribution in [0.3, 0.4) is 0 Å². The number of aromatic amines is 1. The molecule has 1 aliphatic carbocycles. The van der Waals surface area contributed by atoms with E-state index in [1.165, 1.54) is 13.2 Å². The number of carbonyl (C=O) groups excluding carboxylic acids is 1. The third kappa shape index (κ3) is 8.19. The monoisotopic (exact) mass is 673 g/mol. The van der Waals surface area contributed by atoms with Gasteiger partial charge in [-0.15, -0.1) is 0 Å². The minimum atomic E-state index is -0.986. The zero-order chi connectivity index (χ0) is 35.1. The van der Waals surface area contributed by atoms with Crippen LogP contribution in [-0.2, 0) is 24.1 Å². The van der Waals surface area contributed by atoms with Gasteiger partial charge in [0.1, 0.15) is 5.78 Å². The summed E-state index contributed by atoms with van der Waals surface area (Å²) in [6.45, 7) is 4.88. The number of H-pyrrole nitrogens is 1. The molecule has 49 heavy (non-hydrogen) atoms. The second-order valence-electron chi connectivity index (χ2n) is 13.9. The van der Waals surface area contributed by atoms with Crippen molar-refractivity contribution in [2.75, 3.05) is 20.3 Å². The largest absolute Gasteiger partial charge is 0.504 e. The predicted octanol–water partition coefficient (Wildman–Crippen LogP) is 5.65. The SMILES string of the molecule is COc1cc(CCC(O)C(C(=O)CCc2cc(O)c(O)c(OCC(C)C)c2)C2(C3=CCNC(N)=C3)CCCC2Cc2ccc[nH]2)ccc1O. The van der Waals surface area contributed by atoms with Gasteiger partial charge in [0.25, 0.3) is 0 Å². The highest BCUT2D eigenvalue weighted by Gasteiger charge is 2.55. The molecule has 0 bridgehead atoms. The van der Waals surface area contributed by atoms with Crippen LogP contribution in [0.2, 0.25) is 0 Å². The molecule has 0 amide bonds. The van der Waals surface area contributed by atoms with E-state index < -0.39 is 17.4 Å². The summed E-state index contributed by atoms with van der Waals surface area (Å²) in [5, 5.41) is 46.4. The molecule has 2 aromatic carbocycles. The number of carbonyl (C=O) groups is 1. The number of hydrogen-bond acceptors (Lipinski definition) is 9. The molecule has 0 saturated heterocycles. The van der Waals surface area contributed by atoms with E-state index in [-0.39, 0.29) is 47.0 Å². The van der Waals surface area contributed by atoms with Crippen molar-refractivity contribution in [3.63, 3.8) is 0 Å². The normalized spacial score (nSPS) is 20.3. The number of rotatable bonds is 16. The van der Waals surface area contributed by atoms with E-state index in [4.69, 9.17) is 15.2 Å². The smallest absolute Gasteiger partial charge is 0.200 e. The highest BCUT2D eigenvalue weighted by Crippen LogP contribution is 2.57. The van der Waals surface area contributed by atoms with Crippen molar-refractivity contribution in [3.05, 3.63) is 89.0 Å². The molecule has 5 rings (SSSR count). The minimum Gasteiger partial charge on any atom is -0.504 e. The number of nitrogens with two attached hydrogens (primary N) is 1. The van der Waals surface area contributed by atoms with Crippen LogP contribution >= 0.6 is 0 Å². The summed E-state index contributed by atoms with van der Waals surface area (Å²) in [5.41, 5.74) is 9.26. The number of hydrogen-bond donors (Lipinski definition) is 7. The summed E-state index contributed by atoms with van der Waals surface area (Å²) in [6, 6.07) is 12.3. The number of Topliss-reactive ketones (excluding diaryl/α,β-unsaturated/α-hetero) is 1. The number of aryl methyl sites for hydroxylation is 2. The van der Waals surface area contributed by atoms with E-state index in [1.807, 2.05) is 32.2 Å². The molecule has 4 atom stereocenters. The third-order valence-corrected chi connectivity index (χ3v) is 10.1. The van der Waals surface area contributed by atoms with Gasteiger partial charge in [0, 0.05) is 30.3 Å². The fraction of sp³-hybridized carbons (Fsp3) is 0.462. The molecule has 2 heterocycles. The van der Waals surface area contributed by atoms with E-state index in [2.05, 4.69) is 22.4 Å². The number of aliphatic hydroxyl groups excluding tert-OH is 1. The highest BCUT2D eigenvalue weighted by atomic mass is 16.5. The number of nitrogens with one attached hydrogen (secondary N) is 2. The number of ketones is 1. The molecular weight excluding hydrogens is 622 g/mol. The molecule has 1 fully saturated rings. The summed E-state index contributed by atoms with van der Waals surface area (Å²) in [6.07, 6.45) is 9.40. The van der Waals surface area contributed by atoms with Crippen LogP contribution < -0.4 is 20.5 Å². The summed E-state index contributed by atoms with van der Waals surface area (Å²) >= 11 is 0. The molecule has 8 N–H and O–H groups in total. The van der Waals surface area contributed by atoms with Gasteiger partial charge in [0.15, 0.2) is 23.0 Å². The summed E-state index contributed by atoms with van der Waals surface area (Å²) < 4.78 is 11.1. The quantitative estimate of drug-likeness (QED) is 0.0951. The lowest BCUT2D eigenvalue weighted by Gasteiger charge is -2.46. The van der Waals surface area contributed by atoms with Crippen molar-refractivity contribution >= 4 is 5.78 Å². The van der Waals surface area contributed by atoms with Gasteiger partial charge in [-0.05, 0) is 110 Å². The number of aliphatic hydroxyl groups is 1. The van der Waals surface area contributed by atoms with Crippen LogP contribution in [0.25, 0.3) is 0 Å². The maximum absolute atomic E-state index is 14.8. The lowest BCUT2D eigenvalue weighted by molar-refractivity contribution is -0.133. The van der Waals surface area contributed by atoms with E-state index in [1.54, 1.807) is 24.3 Å². The average Bonchev–Trinajstić information content (AvgIpc) is 3.75. The molecule has 0 radical (unpaired) electrons. The van der Waals surface area contributed by atoms with Crippen molar-refractivity contribution in [1.29, 1.82) is 0 Å². The molecule has 10 heteroatoms. The fourth-order valence-electron chi connectivity index (χ4n) is 7.78. The summed E-state index contributed by atoms with van der Waals surface area (Å²) in [7, 11) is 1.50. The Morgan fingerprint density at radius 3 is 2.57 bits per heavy atom. The molecule has 10 nitrogen and oxygen atoms in total. The van der Waals surface area contributed by atoms with Gasteiger partial charge >= 0.3 is 0 Å². The van der Waals surface area contributed by atoms with Crippen LogP contribution in [0, 0.1) is 23.2 Å². The van der Waals surface area contributed by atoms with Crippen LogP contribution in [0.5, 0.6) is 28.7 Å². The van der Waals surface area contributed by atoms with Gasteiger partial charge in [-0.3, -0.25) is 4.79 Å². The first-order valence-corrected chi connectivity index (χ1v) is 17.3. The molecular formula is C39H51N3O7. The third-order valence-electron chi connectivity index (χ3n) is 10.1. The maximum Gasteiger partial charge on any atom is 0.200 e. The number of phenolic OH excluding ortho intramolecular Hbond substituents is 3. The Balaban J connectivity index is 1.50. The van der Waals surface area contributed by atoms with Gasteiger partial charge in [-0.25, -0.2) is 0 Å². The van der Waals surface area contributed by atoms with Crippen LogP contribution in [0.4, 0.5) is 0 Å². The number of benzene rings is 2. The van der Waals surface area contributed by atoms with Crippen LogP contribution in [0.15, 0.2) is 72.2 Å². The zero-order valence-corrected chi connectivity index (χ0v) is 28.7. The number of dihydropyridines is 1. The Labute approximate surface area is 288 Å². The number of ether oxygens (including phenoxy) is 2. The Morgan fingerprint density at radius 1 is 1.06 bits per heavy atom. The van der Waals surface area contributed by atoms with Gasteiger partial charge in [-0.1, -0.05) is 32.4 Å². The maximum atomic E-state index is 14.8. The average molecular weight is 674 g/mol. The Morgan fingerprint density at radius 2 is 1.86 bits per heavy atom. The van der Waals surface area contributed by atoms with Gasteiger partial charge in [0.2, 0.25) is 5.75 Å². The van der Waals surface area contributed by atoms with Crippen molar-refractivity contribution in [3.8, 4) is 28.7 Å². The first-order chi connectivity index (χ1) is 23.5. The first kappa shape index (κ1) is 35.7. The molecule has 264 valence electrons. The second kappa shape index (κ2) is 15.8. The van der Waals surface area contributed by atoms with Crippen LogP contribution in [-0.4, -0.2) is 57.6 Å². The van der Waals surface area contributed by atoms with Gasteiger partial charge in [0.05, 0.1) is 31.6 Å². The number of phenols is 3. The second-order valence-corrected chi connectivity index (χ2v) is 13.9. The number of methoxy groups -OCH3 is 1. The number of allylic oxidation sites excluding steroid dienone is 2. The van der Waals surface area contributed by atoms with Gasteiger partial charge < -0.3 is 45.9 Å². The number of aromatic nitrogens is 1. The Kier molecular flexibility index (Phi) is 11.5. The van der Waals surface area contributed by atoms with E-state index in [0.29, 0.717) is 49.5 Å².